The summed E-state index contributed by atoms with van der Waals surface area (Å²) >= 11 is 0. The van der Waals surface area contributed by atoms with E-state index in [2.05, 4.69) is 10.6 Å². The van der Waals surface area contributed by atoms with Gasteiger partial charge in [0.15, 0.2) is 0 Å². The Hall–Kier alpha value is -2.97. The SMILES string of the molecule is COC(=O)[C@@H](CCC(=O)OC(C)(C)C)NC(=O)[C@H](Cc1cccc(F)c1)NC(C)=O. The number of amides is 2. The van der Waals surface area contributed by atoms with Crippen LogP contribution < -0.4 is 10.6 Å². The molecule has 0 heterocycles. The minimum absolute atomic E-state index is 0.0170. The van der Waals surface area contributed by atoms with Crippen molar-refractivity contribution in [1.29, 1.82) is 0 Å². The Morgan fingerprint density at radius 1 is 1.10 bits per heavy atom. The largest absolute Gasteiger partial charge is 0.467 e. The number of rotatable bonds is 9. The van der Waals surface area contributed by atoms with Crippen molar-refractivity contribution < 1.29 is 33.0 Å². The average Bonchev–Trinajstić information content (AvgIpc) is 2.62. The van der Waals surface area contributed by atoms with Crippen molar-refractivity contribution in [3.63, 3.8) is 0 Å². The van der Waals surface area contributed by atoms with Crippen LogP contribution in [0.5, 0.6) is 0 Å². The summed E-state index contributed by atoms with van der Waals surface area (Å²) < 4.78 is 23.3. The van der Waals surface area contributed by atoms with E-state index in [-0.39, 0.29) is 19.3 Å². The molecule has 0 fully saturated rings. The van der Waals surface area contributed by atoms with Gasteiger partial charge in [-0.1, -0.05) is 12.1 Å². The Kier molecular flexibility index (Phi) is 9.42. The van der Waals surface area contributed by atoms with Crippen molar-refractivity contribution in [2.45, 2.75) is 64.6 Å². The second kappa shape index (κ2) is 11.3. The van der Waals surface area contributed by atoms with E-state index in [0.29, 0.717) is 5.56 Å². The highest BCUT2D eigenvalue weighted by atomic mass is 19.1. The molecule has 1 aromatic rings. The van der Waals surface area contributed by atoms with Crippen LogP contribution in [0.3, 0.4) is 0 Å². The number of carbonyl (C=O) groups is 4. The first-order valence-electron chi connectivity index (χ1n) is 9.53. The average molecular weight is 424 g/mol. The number of hydrogen-bond donors (Lipinski definition) is 2. The molecule has 2 amide bonds. The smallest absolute Gasteiger partial charge is 0.328 e. The Morgan fingerprint density at radius 2 is 1.77 bits per heavy atom. The monoisotopic (exact) mass is 424 g/mol. The number of halogens is 1. The molecular weight excluding hydrogens is 395 g/mol. The van der Waals surface area contributed by atoms with Gasteiger partial charge in [0, 0.05) is 19.8 Å². The molecule has 9 heteroatoms. The van der Waals surface area contributed by atoms with Crippen LogP contribution >= 0.6 is 0 Å². The van der Waals surface area contributed by atoms with Gasteiger partial charge in [0.2, 0.25) is 11.8 Å². The van der Waals surface area contributed by atoms with E-state index in [0.717, 1.165) is 7.11 Å². The molecule has 0 bridgehead atoms. The summed E-state index contributed by atoms with van der Waals surface area (Å²) in [6.07, 6.45) is -0.144. The lowest BCUT2D eigenvalue weighted by Crippen LogP contribution is -2.52. The minimum Gasteiger partial charge on any atom is -0.467 e. The lowest BCUT2D eigenvalue weighted by Gasteiger charge is -2.23. The first-order chi connectivity index (χ1) is 13.9. The van der Waals surface area contributed by atoms with Crippen LogP contribution in [0.4, 0.5) is 4.39 Å². The first kappa shape index (κ1) is 25.1. The van der Waals surface area contributed by atoms with Gasteiger partial charge in [-0.15, -0.1) is 0 Å². The summed E-state index contributed by atoms with van der Waals surface area (Å²) in [7, 11) is 1.16. The predicted molar refractivity (Wildman–Crippen MR) is 107 cm³/mol. The maximum absolute atomic E-state index is 13.4. The lowest BCUT2D eigenvalue weighted by molar-refractivity contribution is -0.155. The molecule has 30 heavy (non-hydrogen) atoms. The van der Waals surface area contributed by atoms with Crippen molar-refractivity contribution in [3.05, 3.63) is 35.6 Å². The van der Waals surface area contributed by atoms with Gasteiger partial charge in [-0.05, 0) is 44.9 Å². The molecule has 2 N–H and O–H groups in total. The van der Waals surface area contributed by atoms with E-state index in [4.69, 9.17) is 9.47 Å². The van der Waals surface area contributed by atoms with Gasteiger partial charge < -0.3 is 20.1 Å². The van der Waals surface area contributed by atoms with Gasteiger partial charge >= 0.3 is 11.9 Å². The number of benzene rings is 1. The maximum Gasteiger partial charge on any atom is 0.328 e. The molecular formula is C21H29FN2O6. The third-order valence-electron chi connectivity index (χ3n) is 3.88. The Labute approximate surface area is 175 Å². The molecule has 0 saturated heterocycles. The van der Waals surface area contributed by atoms with Crippen LogP contribution in [0, 0.1) is 5.82 Å². The van der Waals surface area contributed by atoms with Crippen LogP contribution in [0.25, 0.3) is 0 Å². The zero-order chi connectivity index (χ0) is 22.9. The van der Waals surface area contributed by atoms with Gasteiger partial charge in [0.25, 0.3) is 0 Å². The van der Waals surface area contributed by atoms with Crippen molar-refractivity contribution in [1.82, 2.24) is 10.6 Å². The highest BCUT2D eigenvalue weighted by molar-refractivity contribution is 5.90. The number of carbonyl (C=O) groups excluding carboxylic acids is 4. The molecule has 0 aliphatic rings. The van der Waals surface area contributed by atoms with E-state index in [1.165, 1.54) is 25.1 Å². The fourth-order valence-corrected chi connectivity index (χ4v) is 2.67. The number of methoxy groups -OCH3 is 1. The summed E-state index contributed by atoms with van der Waals surface area (Å²) in [5.41, 5.74) is -0.185. The number of nitrogens with one attached hydrogen (secondary N) is 2. The molecule has 1 aromatic carbocycles. The second-order valence-corrected chi connectivity index (χ2v) is 7.80. The summed E-state index contributed by atoms with van der Waals surface area (Å²) in [6.45, 7) is 6.39. The minimum atomic E-state index is -1.11. The van der Waals surface area contributed by atoms with E-state index in [1.54, 1.807) is 26.8 Å². The van der Waals surface area contributed by atoms with Crippen LogP contribution in [0.15, 0.2) is 24.3 Å². The topological polar surface area (TPSA) is 111 Å². The zero-order valence-electron chi connectivity index (χ0n) is 17.9. The fraction of sp³-hybridized carbons (Fsp3) is 0.524. The molecule has 166 valence electrons. The Bertz CT molecular complexity index is 775. The highest BCUT2D eigenvalue weighted by Gasteiger charge is 2.28. The van der Waals surface area contributed by atoms with E-state index in [9.17, 15) is 23.6 Å². The van der Waals surface area contributed by atoms with Gasteiger partial charge in [0.05, 0.1) is 7.11 Å². The summed E-state index contributed by atoms with van der Waals surface area (Å²) in [6, 6.07) is 3.47. The van der Waals surface area contributed by atoms with E-state index in [1.807, 2.05) is 0 Å². The third-order valence-corrected chi connectivity index (χ3v) is 3.88. The summed E-state index contributed by atoms with van der Waals surface area (Å²) in [5.74, 6) is -2.86. The molecule has 0 aliphatic carbocycles. The molecule has 0 unspecified atom stereocenters. The lowest BCUT2D eigenvalue weighted by atomic mass is 10.0. The molecule has 0 spiro atoms. The molecule has 0 aromatic heterocycles. The number of hydrogen-bond acceptors (Lipinski definition) is 6. The highest BCUT2D eigenvalue weighted by Crippen LogP contribution is 2.11. The van der Waals surface area contributed by atoms with Crippen molar-refractivity contribution in [2.75, 3.05) is 7.11 Å². The van der Waals surface area contributed by atoms with Crippen molar-refractivity contribution in [3.8, 4) is 0 Å². The van der Waals surface area contributed by atoms with Gasteiger partial charge in [0.1, 0.15) is 23.5 Å². The third kappa shape index (κ3) is 9.49. The predicted octanol–water partition coefficient (Wildman–Crippen LogP) is 1.65. The van der Waals surface area contributed by atoms with Crippen LogP contribution in [0.2, 0.25) is 0 Å². The fourth-order valence-electron chi connectivity index (χ4n) is 2.67. The standard InChI is InChI=1S/C21H29FN2O6/c1-13(25)23-17(12-14-7-6-8-15(22)11-14)19(27)24-16(20(28)29-5)9-10-18(26)30-21(2,3)4/h6-8,11,16-17H,9-10,12H2,1-5H3,(H,23,25)(H,24,27)/t16-,17+/m1/s1. The molecule has 8 nitrogen and oxygen atoms in total. The normalized spacial score (nSPS) is 13.0. The van der Waals surface area contributed by atoms with Gasteiger partial charge in [-0.25, -0.2) is 9.18 Å². The summed E-state index contributed by atoms with van der Waals surface area (Å²) in [4.78, 5) is 48.2. The first-order valence-corrected chi connectivity index (χ1v) is 9.53. The maximum atomic E-state index is 13.4. The van der Waals surface area contributed by atoms with Crippen molar-refractivity contribution in [2.24, 2.45) is 0 Å². The van der Waals surface area contributed by atoms with Crippen LogP contribution in [0.1, 0.15) is 46.1 Å². The van der Waals surface area contributed by atoms with E-state index >= 15 is 0 Å². The van der Waals surface area contributed by atoms with Gasteiger partial charge in [-0.2, -0.15) is 0 Å². The molecule has 2 atom stereocenters. The van der Waals surface area contributed by atoms with Crippen LogP contribution in [-0.2, 0) is 35.1 Å². The quantitative estimate of drug-likeness (QED) is 0.583. The Morgan fingerprint density at radius 3 is 2.30 bits per heavy atom. The number of ether oxygens (including phenoxy) is 2. The van der Waals surface area contributed by atoms with Crippen molar-refractivity contribution >= 4 is 23.8 Å². The molecule has 0 saturated carbocycles. The molecule has 0 aliphatic heterocycles. The van der Waals surface area contributed by atoms with E-state index < -0.39 is 47.3 Å². The van der Waals surface area contributed by atoms with Gasteiger partial charge in [-0.3, -0.25) is 14.4 Å². The Balaban J connectivity index is 2.87. The van der Waals surface area contributed by atoms with Crippen LogP contribution in [-0.4, -0.2) is 48.5 Å². The summed E-state index contributed by atoms with van der Waals surface area (Å²) in [5, 5.41) is 4.99. The molecule has 0 radical (unpaired) electrons. The number of esters is 2. The zero-order valence-corrected chi connectivity index (χ0v) is 17.9. The second-order valence-electron chi connectivity index (χ2n) is 7.80. The molecule has 1 rings (SSSR count).